The van der Waals surface area contributed by atoms with Gasteiger partial charge in [-0.3, -0.25) is 4.79 Å². The van der Waals surface area contributed by atoms with Gasteiger partial charge in [0.1, 0.15) is 0 Å². The van der Waals surface area contributed by atoms with Crippen molar-refractivity contribution >= 4 is 5.97 Å². The molecule has 0 bridgehead atoms. The van der Waals surface area contributed by atoms with Crippen molar-refractivity contribution in [2.45, 2.75) is 91.1 Å². The molecule has 3 saturated carbocycles. The molecule has 1 unspecified atom stereocenters. The first-order valence-corrected chi connectivity index (χ1v) is 12.9. The first kappa shape index (κ1) is 23.3. The molecule has 0 heterocycles. The predicted octanol–water partition coefficient (Wildman–Crippen LogP) is 5.11. The molecule has 3 fully saturated rings. The van der Waals surface area contributed by atoms with Crippen molar-refractivity contribution in [2.75, 3.05) is 20.2 Å². The van der Waals surface area contributed by atoms with Gasteiger partial charge in [0, 0.05) is 6.42 Å². The van der Waals surface area contributed by atoms with Crippen LogP contribution in [0.3, 0.4) is 0 Å². The second kappa shape index (κ2) is 9.17. The summed E-state index contributed by atoms with van der Waals surface area (Å²) in [5.41, 5.74) is 2.40. The van der Waals surface area contributed by atoms with Crippen molar-refractivity contribution in [1.29, 1.82) is 0 Å². The fourth-order valence-electron chi connectivity index (χ4n) is 8.55. The molecule has 8 atom stereocenters. The van der Waals surface area contributed by atoms with Crippen LogP contribution in [0.2, 0.25) is 0 Å². The SMILES string of the molecule is COC(=O)CCCNC[C@@H](C)[C@H]1CC[C@H]2C3CC=C4C[C@@H](O)CC[C@]4(C)[C@H]3CC[C@]12C. The molecule has 4 rings (SSSR count). The van der Waals surface area contributed by atoms with Crippen LogP contribution in [0.4, 0.5) is 0 Å². The van der Waals surface area contributed by atoms with E-state index in [2.05, 4.69) is 32.2 Å². The number of rotatable bonds is 7. The minimum atomic E-state index is -0.110. The molecule has 31 heavy (non-hydrogen) atoms. The van der Waals surface area contributed by atoms with Crippen LogP contribution in [0.1, 0.15) is 85.0 Å². The Morgan fingerprint density at radius 2 is 2.03 bits per heavy atom. The van der Waals surface area contributed by atoms with Crippen LogP contribution in [0, 0.1) is 40.4 Å². The van der Waals surface area contributed by atoms with Crippen molar-refractivity contribution < 1.29 is 14.6 Å². The molecule has 0 aromatic carbocycles. The fraction of sp³-hybridized carbons (Fsp3) is 0.889. The fourth-order valence-corrected chi connectivity index (χ4v) is 8.55. The Labute approximate surface area is 189 Å². The number of fused-ring (bicyclic) bond motifs is 5. The third-order valence-corrected chi connectivity index (χ3v) is 10.3. The Bertz CT molecular complexity index is 690. The summed E-state index contributed by atoms with van der Waals surface area (Å²) >= 11 is 0. The van der Waals surface area contributed by atoms with E-state index in [1.54, 1.807) is 5.57 Å². The molecule has 2 N–H and O–H groups in total. The molecule has 4 aliphatic rings. The minimum absolute atomic E-state index is 0.108. The van der Waals surface area contributed by atoms with E-state index in [4.69, 9.17) is 4.74 Å². The summed E-state index contributed by atoms with van der Waals surface area (Å²) in [6.45, 7) is 9.54. The quantitative estimate of drug-likeness (QED) is 0.334. The van der Waals surface area contributed by atoms with E-state index in [0.29, 0.717) is 23.2 Å². The van der Waals surface area contributed by atoms with Crippen molar-refractivity contribution in [2.24, 2.45) is 40.4 Å². The van der Waals surface area contributed by atoms with Gasteiger partial charge in [0.05, 0.1) is 13.2 Å². The van der Waals surface area contributed by atoms with Gasteiger partial charge < -0.3 is 15.2 Å². The summed E-state index contributed by atoms with van der Waals surface area (Å²) in [7, 11) is 1.46. The highest BCUT2D eigenvalue weighted by Gasteiger charge is 2.59. The van der Waals surface area contributed by atoms with Gasteiger partial charge in [0.15, 0.2) is 0 Å². The molecule has 176 valence electrons. The number of carbonyl (C=O) groups excluding carboxylic acids is 1. The third-order valence-electron chi connectivity index (χ3n) is 10.3. The highest BCUT2D eigenvalue weighted by Crippen LogP contribution is 2.67. The zero-order chi connectivity index (χ0) is 22.2. The lowest BCUT2D eigenvalue weighted by atomic mass is 9.47. The van der Waals surface area contributed by atoms with Crippen LogP contribution in [-0.2, 0) is 9.53 Å². The third kappa shape index (κ3) is 4.24. The number of allylic oxidation sites excluding steroid dienone is 1. The van der Waals surface area contributed by atoms with E-state index < -0.39 is 0 Å². The summed E-state index contributed by atoms with van der Waals surface area (Å²) in [4.78, 5) is 11.3. The smallest absolute Gasteiger partial charge is 0.305 e. The zero-order valence-corrected chi connectivity index (χ0v) is 20.3. The van der Waals surface area contributed by atoms with Crippen LogP contribution < -0.4 is 5.32 Å². The largest absolute Gasteiger partial charge is 0.469 e. The van der Waals surface area contributed by atoms with Gasteiger partial charge in [-0.2, -0.15) is 0 Å². The molecule has 0 aliphatic heterocycles. The van der Waals surface area contributed by atoms with E-state index >= 15 is 0 Å². The van der Waals surface area contributed by atoms with E-state index in [9.17, 15) is 9.90 Å². The average molecular weight is 432 g/mol. The molecule has 0 aromatic rings. The number of ether oxygens (including phenoxy) is 1. The normalized spacial score (nSPS) is 42.7. The molecule has 4 nitrogen and oxygen atoms in total. The maximum Gasteiger partial charge on any atom is 0.305 e. The Balaban J connectivity index is 1.37. The number of hydrogen-bond acceptors (Lipinski definition) is 4. The number of nitrogens with one attached hydrogen (secondary N) is 1. The van der Waals surface area contributed by atoms with Gasteiger partial charge >= 0.3 is 5.97 Å². The van der Waals surface area contributed by atoms with Crippen molar-refractivity contribution in [1.82, 2.24) is 5.32 Å². The summed E-state index contributed by atoms with van der Waals surface area (Å²) in [5, 5.41) is 13.8. The van der Waals surface area contributed by atoms with Crippen LogP contribution in [0.25, 0.3) is 0 Å². The molecular formula is C27H45NO3. The number of aliphatic hydroxyl groups excluding tert-OH is 1. The standard InChI is InChI=1S/C27H45NO3/c1-18(17-28-15-5-6-25(30)31-4)22-9-10-23-21-8-7-19-16-20(29)11-13-26(19,2)24(21)12-14-27(22,23)3/h7,18,20-24,28-29H,5-6,8-17H2,1-4H3/t18-,20+,21?,22-,23+,24+,26+,27-/m1/s1. The lowest BCUT2D eigenvalue weighted by Gasteiger charge is -2.58. The average Bonchev–Trinajstić information content (AvgIpc) is 3.11. The van der Waals surface area contributed by atoms with Gasteiger partial charge in [-0.15, -0.1) is 0 Å². The Morgan fingerprint density at radius 1 is 1.23 bits per heavy atom. The zero-order valence-electron chi connectivity index (χ0n) is 20.3. The van der Waals surface area contributed by atoms with E-state index in [1.165, 1.54) is 45.6 Å². The van der Waals surface area contributed by atoms with Crippen LogP contribution in [0.5, 0.6) is 0 Å². The monoisotopic (exact) mass is 431 g/mol. The van der Waals surface area contributed by atoms with Crippen molar-refractivity contribution in [3.05, 3.63) is 11.6 Å². The first-order valence-electron chi connectivity index (χ1n) is 12.9. The van der Waals surface area contributed by atoms with E-state index in [-0.39, 0.29) is 12.1 Å². The maximum absolute atomic E-state index is 11.3. The number of aliphatic hydroxyl groups is 1. The molecule has 0 amide bonds. The Morgan fingerprint density at radius 3 is 2.81 bits per heavy atom. The maximum atomic E-state index is 11.3. The molecule has 0 aromatic heterocycles. The van der Waals surface area contributed by atoms with Gasteiger partial charge in [-0.1, -0.05) is 32.4 Å². The lowest BCUT2D eigenvalue weighted by molar-refractivity contribution is -0.140. The summed E-state index contributed by atoms with van der Waals surface area (Å²) in [6, 6.07) is 0. The van der Waals surface area contributed by atoms with E-state index in [0.717, 1.165) is 56.0 Å². The van der Waals surface area contributed by atoms with Crippen LogP contribution in [-0.4, -0.2) is 37.4 Å². The Hall–Kier alpha value is -0.870. The molecule has 4 heteroatoms. The summed E-state index contributed by atoms with van der Waals surface area (Å²) < 4.78 is 4.74. The second-order valence-corrected chi connectivity index (χ2v) is 11.7. The molecule has 0 spiro atoms. The van der Waals surface area contributed by atoms with Crippen molar-refractivity contribution in [3.63, 3.8) is 0 Å². The lowest BCUT2D eigenvalue weighted by Crippen LogP contribution is -2.51. The molecule has 0 saturated heterocycles. The number of methoxy groups -OCH3 is 1. The van der Waals surface area contributed by atoms with Gasteiger partial charge in [-0.25, -0.2) is 0 Å². The highest BCUT2D eigenvalue weighted by atomic mass is 16.5. The number of esters is 1. The summed E-state index contributed by atoms with van der Waals surface area (Å²) in [6.07, 6.45) is 13.7. The molecule has 0 radical (unpaired) electrons. The van der Waals surface area contributed by atoms with Gasteiger partial charge in [0.25, 0.3) is 0 Å². The number of hydrogen-bond donors (Lipinski definition) is 2. The topological polar surface area (TPSA) is 58.6 Å². The van der Waals surface area contributed by atoms with E-state index in [1.807, 2.05) is 0 Å². The van der Waals surface area contributed by atoms with Crippen molar-refractivity contribution in [3.8, 4) is 0 Å². The minimum Gasteiger partial charge on any atom is -0.469 e. The van der Waals surface area contributed by atoms with Crippen LogP contribution in [0.15, 0.2) is 11.6 Å². The number of carbonyl (C=O) groups is 1. The summed E-state index contributed by atoms with van der Waals surface area (Å²) in [5.74, 6) is 3.90. The van der Waals surface area contributed by atoms with Gasteiger partial charge in [0.2, 0.25) is 0 Å². The first-order chi connectivity index (χ1) is 14.8. The van der Waals surface area contributed by atoms with Gasteiger partial charge in [-0.05, 0) is 111 Å². The van der Waals surface area contributed by atoms with Crippen LogP contribution >= 0.6 is 0 Å². The predicted molar refractivity (Wildman–Crippen MR) is 124 cm³/mol. The Kier molecular flexibility index (Phi) is 6.89. The second-order valence-electron chi connectivity index (χ2n) is 11.7. The molecule has 4 aliphatic carbocycles. The molecular weight excluding hydrogens is 386 g/mol. The highest BCUT2D eigenvalue weighted by molar-refractivity contribution is 5.69.